The lowest BCUT2D eigenvalue weighted by Gasteiger charge is -2.22. The summed E-state index contributed by atoms with van der Waals surface area (Å²) >= 11 is 0. The van der Waals surface area contributed by atoms with Crippen molar-refractivity contribution < 1.29 is 14.2 Å². The fraction of sp³-hybridized carbons (Fsp3) is 0.235. The predicted molar refractivity (Wildman–Crippen MR) is 84.3 cm³/mol. The smallest absolute Gasteiger partial charge is 0.295 e. The molecule has 0 aliphatic rings. The van der Waals surface area contributed by atoms with Crippen LogP contribution in [-0.2, 0) is 4.79 Å². The summed E-state index contributed by atoms with van der Waals surface area (Å²) in [5.41, 5.74) is 6.52. The van der Waals surface area contributed by atoms with E-state index in [0.717, 1.165) is 5.69 Å². The molecule has 1 heterocycles. The lowest BCUT2D eigenvalue weighted by atomic mass is 10.2. The van der Waals surface area contributed by atoms with Crippen molar-refractivity contribution in [1.82, 2.24) is 0 Å². The van der Waals surface area contributed by atoms with E-state index in [2.05, 4.69) is 0 Å². The normalized spacial score (nSPS) is 11.7. The Hall–Kier alpha value is -2.69. The molecule has 2 amide bonds. The van der Waals surface area contributed by atoms with Gasteiger partial charge in [0.05, 0.1) is 0 Å². The second-order valence-corrected chi connectivity index (χ2v) is 5.00. The number of rotatable bonds is 5. The van der Waals surface area contributed by atoms with Gasteiger partial charge >= 0.3 is 0 Å². The van der Waals surface area contributed by atoms with Crippen LogP contribution < -0.4 is 15.2 Å². The van der Waals surface area contributed by atoms with E-state index in [1.807, 2.05) is 37.3 Å². The number of nitrogens with zero attached hydrogens (tertiary/aromatic N) is 2. The number of hydrogen-bond donors (Lipinski definition) is 1. The van der Waals surface area contributed by atoms with Crippen LogP contribution in [0.25, 0.3) is 0 Å². The van der Waals surface area contributed by atoms with Crippen LogP contribution in [-0.4, -0.2) is 18.4 Å². The minimum Gasteiger partial charge on any atom is -0.365 e. The lowest BCUT2D eigenvalue weighted by molar-refractivity contribution is -0.705. The van der Waals surface area contributed by atoms with Gasteiger partial charge in [0.15, 0.2) is 12.4 Å². The molecule has 114 valence electrons. The number of nitrogens with two attached hydrogens (primary N) is 1. The third kappa shape index (κ3) is 3.31. The van der Waals surface area contributed by atoms with Gasteiger partial charge in [-0.1, -0.05) is 18.2 Å². The van der Waals surface area contributed by atoms with Gasteiger partial charge in [-0.25, -0.2) is 0 Å². The maximum atomic E-state index is 12.7. The molecule has 1 aromatic heterocycles. The number of primary amides is 1. The Kier molecular flexibility index (Phi) is 4.88. The third-order valence-corrected chi connectivity index (χ3v) is 3.56. The number of amides is 2. The highest BCUT2D eigenvalue weighted by Crippen LogP contribution is 2.16. The largest absolute Gasteiger partial charge is 0.365 e. The van der Waals surface area contributed by atoms with Crippen molar-refractivity contribution in [2.75, 3.05) is 11.4 Å². The monoisotopic (exact) mass is 298 g/mol. The maximum Gasteiger partial charge on any atom is 0.295 e. The summed E-state index contributed by atoms with van der Waals surface area (Å²) in [4.78, 5) is 25.7. The van der Waals surface area contributed by atoms with Crippen molar-refractivity contribution in [2.24, 2.45) is 5.73 Å². The molecule has 0 saturated heterocycles. The number of hydrogen-bond acceptors (Lipinski definition) is 2. The van der Waals surface area contributed by atoms with E-state index in [-0.39, 0.29) is 5.91 Å². The van der Waals surface area contributed by atoms with Crippen LogP contribution >= 0.6 is 0 Å². The zero-order valence-electron chi connectivity index (χ0n) is 12.8. The molecule has 1 atom stereocenters. The Bertz CT molecular complexity index is 671. The number of carbonyl (C=O) groups excluding carboxylic acids is 2. The predicted octanol–water partition coefficient (Wildman–Crippen LogP) is 1.69. The average Bonchev–Trinajstić information content (AvgIpc) is 2.55. The van der Waals surface area contributed by atoms with Gasteiger partial charge in [-0.05, 0) is 25.1 Å². The molecule has 2 N–H and O–H groups in total. The summed E-state index contributed by atoms with van der Waals surface area (Å²) in [5.74, 6) is -0.551. The molecule has 2 aromatic rings. The van der Waals surface area contributed by atoms with Crippen LogP contribution in [0.3, 0.4) is 0 Å². The highest BCUT2D eigenvalue weighted by Gasteiger charge is 2.28. The van der Waals surface area contributed by atoms with E-state index >= 15 is 0 Å². The number of carbonyl (C=O) groups is 2. The summed E-state index contributed by atoms with van der Waals surface area (Å²) in [6.45, 7) is 4.31. The molecule has 0 bridgehead atoms. The first-order valence-corrected chi connectivity index (χ1v) is 7.21. The van der Waals surface area contributed by atoms with Gasteiger partial charge in [-0.15, -0.1) is 0 Å². The van der Waals surface area contributed by atoms with Crippen molar-refractivity contribution in [3.63, 3.8) is 0 Å². The molecule has 22 heavy (non-hydrogen) atoms. The molecular formula is C17H20N3O2+. The van der Waals surface area contributed by atoms with E-state index in [1.54, 1.807) is 40.9 Å². The quantitative estimate of drug-likeness (QED) is 0.854. The zero-order chi connectivity index (χ0) is 16.1. The van der Waals surface area contributed by atoms with Gasteiger partial charge in [0.1, 0.15) is 5.56 Å². The molecule has 0 aliphatic heterocycles. The number of para-hydroxylation sites is 1. The second-order valence-electron chi connectivity index (χ2n) is 5.00. The molecule has 0 unspecified atom stereocenters. The third-order valence-electron chi connectivity index (χ3n) is 3.56. The van der Waals surface area contributed by atoms with Crippen molar-refractivity contribution in [3.05, 3.63) is 60.4 Å². The number of likely N-dealkylation sites (N-methyl/N-ethyl adjacent to an activating group) is 1. The molecule has 1 aromatic carbocycles. The van der Waals surface area contributed by atoms with E-state index in [1.165, 1.54) is 0 Å². The van der Waals surface area contributed by atoms with Gasteiger partial charge in [0.25, 0.3) is 11.8 Å². The molecular weight excluding hydrogens is 278 g/mol. The van der Waals surface area contributed by atoms with Crippen LogP contribution in [0.1, 0.15) is 30.2 Å². The molecule has 0 radical (unpaired) electrons. The minimum absolute atomic E-state index is 0.0414. The Morgan fingerprint density at radius 1 is 1.18 bits per heavy atom. The lowest BCUT2D eigenvalue weighted by Crippen LogP contribution is -2.48. The molecule has 0 aliphatic carbocycles. The first kappa shape index (κ1) is 15.7. The summed E-state index contributed by atoms with van der Waals surface area (Å²) < 4.78 is 1.70. The summed E-state index contributed by atoms with van der Waals surface area (Å²) in [5, 5.41) is 0. The van der Waals surface area contributed by atoms with Crippen LogP contribution in [0.2, 0.25) is 0 Å². The number of pyridine rings is 1. The van der Waals surface area contributed by atoms with Crippen molar-refractivity contribution >= 4 is 17.5 Å². The minimum atomic E-state index is -0.510. The van der Waals surface area contributed by atoms with Crippen molar-refractivity contribution in [1.29, 1.82) is 0 Å². The topological polar surface area (TPSA) is 67.3 Å². The van der Waals surface area contributed by atoms with Gasteiger partial charge in [0.2, 0.25) is 6.04 Å². The fourth-order valence-electron chi connectivity index (χ4n) is 2.31. The molecule has 2 rings (SSSR count). The molecule has 0 spiro atoms. The number of aromatic nitrogens is 1. The van der Waals surface area contributed by atoms with Crippen LogP contribution in [0, 0.1) is 0 Å². The number of benzene rings is 1. The van der Waals surface area contributed by atoms with Crippen molar-refractivity contribution in [2.45, 2.75) is 19.9 Å². The van der Waals surface area contributed by atoms with Crippen LogP contribution in [0.5, 0.6) is 0 Å². The molecule has 0 saturated carbocycles. The Morgan fingerprint density at radius 3 is 2.45 bits per heavy atom. The SMILES string of the molecule is CCN(C(=O)[C@H](C)[n+]1cccc(C(N)=O)c1)c1ccccc1. The van der Waals surface area contributed by atoms with Gasteiger partial charge in [-0.2, -0.15) is 4.57 Å². The summed E-state index contributed by atoms with van der Waals surface area (Å²) in [6.07, 6.45) is 3.36. The van der Waals surface area contributed by atoms with Gasteiger partial charge < -0.3 is 10.6 Å². The highest BCUT2D eigenvalue weighted by molar-refractivity contribution is 5.95. The summed E-state index contributed by atoms with van der Waals surface area (Å²) in [7, 11) is 0. The molecule has 5 nitrogen and oxygen atoms in total. The van der Waals surface area contributed by atoms with Crippen LogP contribution in [0.15, 0.2) is 54.9 Å². The Morgan fingerprint density at radius 2 is 1.86 bits per heavy atom. The Balaban J connectivity index is 2.28. The van der Waals surface area contributed by atoms with E-state index in [9.17, 15) is 9.59 Å². The maximum absolute atomic E-state index is 12.7. The Labute approximate surface area is 130 Å². The zero-order valence-corrected chi connectivity index (χ0v) is 12.8. The highest BCUT2D eigenvalue weighted by atomic mass is 16.2. The van der Waals surface area contributed by atoms with Gasteiger partial charge in [-0.3, -0.25) is 9.59 Å². The van der Waals surface area contributed by atoms with E-state index < -0.39 is 11.9 Å². The van der Waals surface area contributed by atoms with E-state index in [0.29, 0.717) is 12.1 Å². The second kappa shape index (κ2) is 6.85. The number of anilines is 1. The van der Waals surface area contributed by atoms with Crippen molar-refractivity contribution in [3.8, 4) is 0 Å². The standard InChI is InChI=1S/C17H19N3O2/c1-3-20(15-9-5-4-6-10-15)17(22)13(2)19-11-7-8-14(12-19)16(18)21/h4-13H,3H2,1-2H3,(H-,18,21)/p+1/t13-/m0/s1. The molecule has 5 heteroatoms. The first-order chi connectivity index (χ1) is 10.5. The summed E-state index contributed by atoms with van der Waals surface area (Å²) in [6, 6.07) is 12.4. The first-order valence-electron chi connectivity index (χ1n) is 7.21. The van der Waals surface area contributed by atoms with Gasteiger partial charge in [0, 0.05) is 25.2 Å². The van der Waals surface area contributed by atoms with E-state index in [4.69, 9.17) is 5.73 Å². The molecule has 0 fully saturated rings. The van der Waals surface area contributed by atoms with Crippen LogP contribution in [0.4, 0.5) is 5.69 Å². The fourth-order valence-corrected chi connectivity index (χ4v) is 2.31. The average molecular weight is 298 g/mol.